The third-order valence-electron chi connectivity index (χ3n) is 4.52. The lowest BCUT2D eigenvalue weighted by Crippen LogP contribution is -1.91. The molecule has 0 amide bonds. The van der Waals surface area contributed by atoms with Crippen LogP contribution >= 0.6 is 0 Å². The van der Waals surface area contributed by atoms with Gasteiger partial charge in [-0.2, -0.15) is 0 Å². The molecule has 0 saturated carbocycles. The largest absolute Gasteiger partial charge is 0.0870 e. The standard InChI is InChI=1S/C25H24/c1-4-10-23(21-11-6-5-7-12-21)20(3)24-13-8-9-14-25(24)22-17-15-19(2)16-18-22/h4-18H,1-3H3. The zero-order chi connectivity index (χ0) is 17.6. The lowest BCUT2D eigenvalue weighted by atomic mass is 9.90. The molecule has 3 aromatic carbocycles. The van der Waals surface area contributed by atoms with Crippen molar-refractivity contribution < 1.29 is 0 Å². The number of rotatable bonds is 4. The van der Waals surface area contributed by atoms with E-state index in [9.17, 15) is 0 Å². The molecule has 0 aliphatic heterocycles. The minimum Gasteiger partial charge on any atom is -0.0870 e. The molecule has 0 fully saturated rings. The number of allylic oxidation sites excluding steroid dienone is 4. The highest BCUT2D eigenvalue weighted by molar-refractivity contribution is 5.98. The minimum absolute atomic E-state index is 1.25. The number of benzene rings is 3. The minimum atomic E-state index is 1.25. The lowest BCUT2D eigenvalue weighted by molar-refractivity contribution is 1.46. The van der Waals surface area contributed by atoms with E-state index < -0.39 is 0 Å². The van der Waals surface area contributed by atoms with E-state index in [-0.39, 0.29) is 0 Å². The summed E-state index contributed by atoms with van der Waals surface area (Å²) in [5.41, 5.74) is 8.90. The van der Waals surface area contributed by atoms with Gasteiger partial charge in [0, 0.05) is 0 Å². The number of aryl methyl sites for hydroxylation is 1. The van der Waals surface area contributed by atoms with Crippen LogP contribution in [0.4, 0.5) is 0 Å². The van der Waals surface area contributed by atoms with E-state index in [1.807, 2.05) is 0 Å². The summed E-state index contributed by atoms with van der Waals surface area (Å²) in [7, 11) is 0. The van der Waals surface area contributed by atoms with Gasteiger partial charge in [-0.1, -0.05) is 96.6 Å². The van der Waals surface area contributed by atoms with Crippen LogP contribution in [0.15, 0.2) is 91.0 Å². The summed E-state index contributed by atoms with van der Waals surface area (Å²) < 4.78 is 0. The molecule has 0 heterocycles. The zero-order valence-electron chi connectivity index (χ0n) is 15.2. The molecular weight excluding hydrogens is 300 g/mol. The van der Waals surface area contributed by atoms with Gasteiger partial charge < -0.3 is 0 Å². The summed E-state index contributed by atoms with van der Waals surface area (Å²) in [6.45, 7) is 6.41. The first kappa shape index (κ1) is 17.0. The maximum atomic E-state index is 2.22. The molecule has 124 valence electrons. The Morgan fingerprint density at radius 3 is 2.08 bits per heavy atom. The van der Waals surface area contributed by atoms with E-state index in [2.05, 4.69) is 112 Å². The predicted molar refractivity (Wildman–Crippen MR) is 110 cm³/mol. The van der Waals surface area contributed by atoms with Crippen molar-refractivity contribution in [3.8, 4) is 11.1 Å². The predicted octanol–water partition coefficient (Wildman–Crippen LogP) is 7.17. The summed E-state index contributed by atoms with van der Waals surface area (Å²) in [6.07, 6.45) is 4.32. The summed E-state index contributed by atoms with van der Waals surface area (Å²) in [5, 5.41) is 0. The first-order valence-electron chi connectivity index (χ1n) is 8.76. The second-order valence-corrected chi connectivity index (χ2v) is 6.32. The average molecular weight is 324 g/mol. The molecule has 3 aromatic rings. The van der Waals surface area contributed by atoms with Crippen molar-refractivity contribution in [2.24, 2.45) is 0 Å². The molecule has 0 radical (unpaired) electrons. The average Bonchev–Trinajstić information content (AvgIpc) is 2.67. The van der Waals surface area contributed by atoms with E-state index in [4.69, 9.17) is 0 Å². The van der Waals surface area contributed by atoms with Crippen molar-refractivity contribution in [2.75, 3.05) is 0 Å². The maximum Gasteiger partial charge on any atom is -0.0109 e. The molecule has 0 aliphatic rings. The van der Waals surface area contributed by atoms with Gasteiger partial charge >= 0.3 is 0 Å². The Kier molecular flexibility index (Phi) is 5.30. The van der Waals surface area contributed by atoms with Crippen molar-refractivity contribution in [2.45, 2.75) is 20.8 Å². The van der Waals surface area contributed by atoms with Crippen molar-refractivity contribution in [3.05, 3.63) is 108 Å². The smallest absolute Gasteiger partial charge is 0.0109 e. The lowest BCUT2D eigenvalue weighted by Gasteiger charge is -2.14. The fourth-order valence-electron chi connectivity index (χ4n) is 3.16. The molecule has 0 nitrogen and oxygen atoms in total. The van der Waals surface area contributed by atoms with Crippen molar-refractivity contribution in [3.63, 3.8) is 0 Å². The third kappa shape index (κ3) is 3.80. The maximum absolute atomic E-state index is 2.22. The number of hydrogen-bond acceptors (Lipinski definition) is 0. The number of hydrogen-bond donors (Lipinski definition) is 0. The van der Waals surface area contributed by atoms with Gasteiger partial charge in [0.2, 0.25) is 0 Å². The molecule has 0 N–H and O–H groups in total. The van der Waals surface area contributed by atoms with Crippen LogP contribution in [-0.2, 0) is 0 Å². The van der Waals surface area contributed by atoms with Crippen LogP contribution in [0.3, 0.4) is 0 Å². The second kappa shape index (κ2) is 7.81. The van der Waals surface area contributed by atoms with Crippen molar-refractivity contribution in [1.82, 2.24) is 0 Å². The van der Waals surface area contributed by atoms with Crippen molar-refractivity contribution in [1.29, 1.82) is 0 Å². The Morgan fingerprint density at radius 2 is 1.40 bits per heavy atom. The van der Waals surface area contributed by atoms with E-state index in [1.54, 1.807) is 0 Å². The highest BCUT2D eigenvalue weighted by Crippen LogP contribution is 2.34. The Labute approximate surface area is 151 Å². The highest BCUT2D eigenvalue weighted by atomic mass is 14.1. The van der Waals surface area contributed by atoms with Gasteiger partial charge in [-0.25, -0.2) is 0 Å². The molecule has 0 atom stereocenters. The molecular formula is C25H24. The first-order chi connectivity index (χ1) is 12.2. The van der Waals surface area contributed by atoms with E-state index in [0.717, 1.165) is 0 Å². The van der Waals surface area contributed by atoms with Crippen LogP contribution in [-0.4, -0.2) is 0 Å². The summed E-state index contributed by atoms with van der Waals surface area (Å²) in [4.78, 5) is 0. The molecule has 0 heteroatoms. The molecule has 0 saturated heterocycles. The second-order valence-electron chi connectivity index (χ2n) is 6.32. The molecule has 0 bridgehead atoms. The normalized spacial score (nSPS) is 12.3. The molecule has 0 unspecified atom stereocenters. The van der Waals surface area contributed by atoms with Crippen LogP contribution in [0, 0.1) is 6.92 Å². The van der Waals surface area contributed by atoms with Crippen molar-refractivity contribution >= 4 is 11.1 Å². The molecule has 0 aromatic heterocycles. The first-order valence-corrected chi connectivity index (χ1v) is 8.76. The Morgan fingerprint density at radius 1 is 0.760 bits per heavy atom. The third-order valence-corrected chi connectivity index (χ3v) is 4.52. The van der Waals surface area contributed by atoms with Crippen LogP contribution < -0.4 is 0 Å². The van der Waals surface area contributed by atoms with Gasteiger partial charge in [0.1, 0.15) is 0 Å². The SMILES string of the molecule is CC=CC(=C(C)c1ccccc1-c1ccc(C)cc1)c1ccccc1. The quantitative estimate of drug-likeness (QED) is 0.352. The fraction of sp³-hybridized carbons (Fsp3) is 0.120. The van der Waals surface area contributed by atoms with E-state index >= 15 is 0 Å². The van der Waals surface area contributed by atoms with Gasteiger partial charge in [0.15, 0.2) is 0 Å². The summed E-state index contributed by atoms with van der Waals surface area (Å²) in [5.74, 6) is 0. The fourth-order valence-corrected chi connectivity index (χ4v) is 3.16. The van der Waals surface area contributed by atoms with Gasteiger partial charge in [-0.3, -0.25) is 0 Å². The van der Waals surface area contributed by atoms with Gasteiger partial charge in [0.25, 0.3) is 0 Å². The van der Waals surface area contributed by atoms with Crippen LogP contribution in [0.5, 0.6) is 0 Å². The molecule has 25 heavy (non-hydrogen) atoms. The van der Waals surface area contributed by atoms with Gasteiger partial charge in [-0.05, 0) is 54.2 Å². The topological polar surface area (TPSA) is 0 Å². The Hall–Kier alpha value is -2.86. The monoisotopic (exact) mass is 324 g/mol. The van der Waals surface area contributed by atoms with E-state index in [1.165, 1.54) is 39.0 Å². The van der Waals surface area contributed by atoms with Gasteiger partial charge in [-0.15, -0.1) is 0 Å². The molecule has 0 spiro atoms. The van der Waals surface area contributed by atoms with Gasteiger partial charge in [0.05, 0.1) is 0 Å². The van der Waals surface area contributed by atoms with Crippen LogP contribution in [0.25, 0.3) is 22.3 Å². The Bertz CT molecular complexity index is 894. The zero-order valence-corrected chi connectivity index (χ0v) is 15.2. The summed E-state index contributed by atoms with van der Waals surface area (Å²) in [6, 6.07) is 28.0. The summed E-state index contributed by atoms with van der Waals surface area (Å²) >= 11 is 0. The van der Waals surface area contributed by atoms with E-state index in [0.29, 0.717) is 0 Å². The highest BCUT2D eigenvalue weighted by Gasteiger charge is 2.10. The van der Waals surface area contributed by atoms with Crippen LogP contribution in [0.1, 0.15) is 30.5 Å². The molecule has 0 aliphatic carbocycles. The Balaban J connectivity index is 2.19. The van der Waals surface area contributed by atoms with Crippen LogP contribution in [0.2, 0.25) is 0 Å². The molecule has 3 rings (SSSR count).